The number of para-hydroxylation sites is 2. The molecule has 0 N–H and O–H groups in total. The molecule has 0 bridgehead atoms. The summed E-state index contributed by atoms with van der Waals surface area (Å²) in [4.78, 5) is 9.54. The topological polar surface area (TPSA) is 30.2 Å². The molecule has 0 aliphatic carbocycles. The first-order valence-corrected chi connectivity index (χ1v) is 20.3. The average Bonchev–Trinajstić information content (AvgIpc) is 3.87. The van der Waals surface area contributed by atoms with Gasteiger partial charge in [0.2, 0.25) is 0 Å². The smallest absolute Gasteiger partial charge is 0.332 e. The van der Waals surface area contributed by atoms with E-state index in [9.17, 15) is 13.2 Å². The van der Waals surface area contributed by atoms with E-state index < -0.39 is 11.7 Å². The molecule has 12 aromatic rings. The molecule has 4 heterocycles. The van der Waals surface area contributed by atoms with Crippen LogP contribution in [0.25, 0.3) is 102 Å². The molecule has 8 aromatic carbocycles. The second-order valence-electron chi connectivity index (χ2n) is 14.6. The van der Waals surface area contributed by atoms with E-state index in [-0.39, 0.29) is 20.1 Å². The molecular formula is C53H30F3IrN3S-2. The summed E-state index contributed by atoms with van der Waals surface area (Å²) in [7, 11) is 0. The minimum absolute atomic E-state index is 0. The fraction of sp³-hybridized carbons (Fsp3) is 0.0189. The monoisotopic (exact) mass is 990 g/mol. The number of aromatic nitrogens is 3. The maximum atomic E-state index is 13.6. The van der Waals surface area contributed by atoms with Crippen LogP contribution in [-0.4, -0.2) is 14.4 Å². The fourth-order valence-electron chi connectivity index (χ4n) is 8.45. The number of hydrogen-bond acceptors (Lipinski definition) is 3. The van der Waals surface area contributed by atoms with Crippen LogP contribution >= 0.6 is 11.3 Å². The summed E-state index contributed by atoms with van der Waals surface area (Å²) < 4.78 is 44.9. The number of fused-ring (bicyclic) bond motifs is 11. The van der Waals surface area contributed by atoms with E-state index in [1.807, 2.05) is 66.7 Å². The Hall–Kier alpha value is -6.70. The van der Waals surface area contributed by atoms with Crippen molar-refractivity contribution in [2.24, 2.45) is 0 Å². The van der Waals surface area contributed by atoms with Crippen molar-refractivity contribution in [2.45, 2.75) is 6.18 Å². The van der Waals surface area contributed by atoms with Gasteiger partial charge in [0.15, 0.2) is 0 Å². The zero-order valence-electron chi connectivity index (χ0n) is 32.0. The Bertz CT molecular complexity index is 3620. The van der Waals surface area contributed by atoms with E-state index in [1.54, 1.807) is 23.6 Å². The third-order valence-electron chi connectivity index (χ3n) is 11.1. The first-order valence-electron chi connectivity index (χ1n) is 19.5. The number of imidazole rings is 1. The van der Waals surface area contributed by atoms with Gasteiger partial charge in [0, 0.05) is 47.3 Å². The van der Waals surface area contributed by atoms with Crippen LogP contribution < -0.4 is 0 Å². The van der Waals surface area contributed by atoms with Crippen LogP contribution in [0.15, 0.2) is 182 Å². The Balaban J connectivity index is 0.000000296. The largest absolute Gasteiger partial charge is 0.416 e. The maximum Gasteiger partial charge on any atom is 0.416 e. The first kappa shape index (κ1) is 38.5. The summed E-state index contributed by atoms with van der Waals surface area (Å²) in [5.41, 5.74) is 5.11. The summed E-state index contributed by atoms with van der Waals surface area (Å²) >= 11 is 1.57. The SMILES string of the molecule is FC(F)(F)c1ccc2cc3c(cc2c1)sc1c(-c2nc4cccc5c6ccccc6c6ccccc6c6ccccc6n2c45)[c-]ccc13.[Ir].[c-]1ccccc1-c1ccccn1. The molecule has 0 spiro atoms. The zero-order chi connectivity index (χ0) is 40.4. The standard InChI is InChI=1S/C42H22F3N2S.C11H8N.Ir/c43-42(44,45)26-20-19-24-22-35-33-15-7-16-34(40(33)48-38(35)23-25(24)21-26)41-46-36-17-8-14-32-30-12-4-2-10-28(30)27-9-1-3-11-29(27)31-13-5-6-18-37(31)47(41)39(32)36;1-2-6-10(7-3-1)11-8-4-5-9-12-11;/h1-15,17-23H;1-6,8-9H;/q2*-1;. The van der Waals surface area contributed by atoms with Gasteiger partial charge in [0.05, 0.1) is 22.4 Å². The van der Waals surface area contributed by atoms with E-state index in [4.69, 9.17) is 4.98 Å². The molecule has 61 heavy (non-hydrogen) atoms. The second kappa shape index (κ2) is 15.4. The van der Waals surface area contributed by atoms with Gasteiger partial charge >= 0.3 is 6.18 Å². The van der Waals surface area contributed by atoms with Gasteiger partial charge in [-0.3, -0.25) is 4.98 Å². The molecule has 0 fully saturated rings. The molecule has 0 saturated heterocycles. The predicted molar refractivity (Wildman–Crippen MR) is 242 cm³/mol. The van der Waals surface area contributed by atoms with Gasteiger partial charge in [-0.25, -0.2) is 0 Å². The molecule has 1 radical (unpaired) electrons. The van der Waals surface area contributed by atoms with Crippen molar-refractivity contribution >= 4 is 91.1 Å². The summed E-state index contributed by atoms with van der Waals surface area (Å²) in [6.45, 7) is 0. The molecular weight excluding hydrogens is 960 g/mol. The van der Waals surface area contributed by atoms with E-state index in [1.165, 1.54) is 6.07 Å². The summed E-state index contributed by atoms with van der Waals surface area (Å²) in [5, 5.41) is 10.1. The van der Waals surface area contributed by atoms with Crippen LogP contribution in [-0.2, 0) is 26.3 Å². The molecule has 0 saturated carbocycles. The van der Waals surface area contributed by atoms with Gasteiger partial charge in [-0.05, 0) is 90.6 Å². The molecule has 0 unspecified atom stereocenters. The van der Waals surface area contributed by atoms with Crippen molar-refractivity contribution in [1.82, 2.24) is 14.4 Å². The van der Waals surface area contributed by atoms with Crippen LogP contribution in [0.2, 0.25) is 0 Å². The van der Waals surface area contributed by atoms with E-state index in [0.717, 1.165) is 103 Å². The quantitative estimate of drug-likeness (QED) is 0.162. The molecule has 8 heteroatoms. The van der Waals surface area contributed by atoms with Crippen LogP contribution in [0, 0.1) is 12.1 Å². The van der Waals surface area contributed by atoms with Crippen molar-refractivity contribution < 1.29 is 33.3 Å². The number of alkyl halides is 3. The van der Waals surface area contributed by atoms with Crippen molar-refractivity contribution in [3.8, 4) is 22.6 Å². The van der Waals surface area contributed by atoms with E-state index in [2.05, 4.69) is 113 Å². The van der Waals surface area contributed by atoms with Gasteiger partial charge in [0.25, 0.3) is 0 Å². The van der Waals surface area contributed by atoms with Crippen LogP contribution in [0.5, 0.6) is 0 Å². The Labute approximate surface area is 365 Å². The Morgan fingerprint density at radius 2 is 1.23 bits per heavy atom. The molecule has 295 valence electrons. The molecule has 0 aliphatic rings. The van der Waals surface area contributed by atoms with Crippen molar-refractivity contribution in [3.05, 3.63) is 200 Å². The Morgan fingerprint density at radius 1 is 0.541 bits per heavy atom. The number of rotatable bonds is 2. The summed E-state index contributed by atoms with van der Waals surface area (Å²) in [5.74, 6) is 0.767. The number of thiophene rings is 1. The van der Waals surface area contributed by atoms with Gasteiger partial charge in [-0.1, -0.05) is 108 Å². The van der Waals surface area contributed by atoms with Crippen LogP contribution in [0.1, 0.15) is 5.56 Å². The van der Waals surface area contributed by atoms with Crippen molar-refractivity contribution in [2.75, 3.05) is 0 Å². The molecule has 0 amide bonds. The number of halogens is 3. The van der Waals surface area contributed by atoms with E-state index >= 15 is 0 Å². The Morgan fingerprint density at radius 3 is 1.95 bits per heavy atom. The minimum Gasteiger partial charge on any atom is -0.332 e. The number of nitrogens with zero attached hydrogens (tertiary/aromatic N) is 3. The molecule has 0 aliphatic heterocycles. The fourth-order valence-corrected chi connectivity index (χ4v) is 9.67. The third-order valence-corrected chi connectivity index (χ3v) is 12.3. The molecule has 0 atom stereocenters. The Kier molecular flexibility index (Phi) is 9.72. The zero-order valence-corrected chi connectivity index (χ0v) is 35.2. The minimum atomic E-state index is -4.40. The maximum absolute atomic E-state index is 13.6. The average molecular weight is 990 g/mol. The summed E-state index contributed by atoms with van der Waals surface area (Å²) in [6, 6.07) is 64.0. The normalized spacial score (nSPS) is 11.7. The van der Waals surface area contributed by atoms with Crippen molar-refractivity contribution in [3.63, 3.8) is 0 Å². The van der Waals surface area contributed by atoms with Gasteiger partial charge < -0.3 is 9.38 Å². The summed E-state index contributed by atoms with van der Waals surface area (Å²) in [6.07, 6.45) is -2.61. The van der Waals surface area contributed by atoms with Crippen molar-refractivity contribution in [1.29, 1.82) is 0 Å². The second-order valence-corrected chi connectivity index (χ2v) is 15.7. The number of hydrogen-bond donors (Lipinski definition) is 0. The first-order chi connectivity index (χ1) is 29.4. The van der Waals surface area contributed by atoms with Gasteiger partial charge in [0.1, 0.15) is 0 Å². The van der Waals surface area contributed by atoms with Gasteiger partial charge in [-0.2, -0.15) is 24.5 Å². The predicted octanol–water partition coefficient (Wildman–Crippen LogP) is 15.1. The van der Waals surface area contributed by atoms with Gasteiger partial charge in [-0.15, -0.1) is 54.1 Å². The molecule has 4 aromatic heterocycles. The number of benzene rings is 8. The van der Waals surface area contributed by atoms with E-state index in [0.29, 0.717) is 5.39 Å². The van der Waals surface area contributed by atoms with Crippen LogP contribution in [0.3, 0.4) is 0 Å². The molecule has 12 rings (SSSR count). The molecule has 3 nitrogen and oxygen atoms in total. The third kappa shape index (κ3) is 6.64. The van der Waals surface area contributed by atoms with Crippen LogP contribution in [0.4, 0.5) is 13.2 Å². The number of pyridine rings is 1.